The molecule has 3 aromatic rings. The maximum atomic E-state index is 11.3. The van der Waals surface area contributed by atoms with Crippen LogP contribution in [0.5, 0.6) is 23.1 Å². The Hall–Kier alpha value is -3.25. The van der Waals surface area contributed by atoms with Gasteiger partial charge in [0.15, 0.2) is 0 Å². The number of amides is 1. The monoisotopic (exact) mass is 424 g/mol. The molecule has 0 saturated heterocycles. The van der Waals surface area contributed by atoms with E-state index in [0.29, 0.717) is 17.3 Å². The number of benzene rings is 2. The number of pyridine rings is 1. The molecule has 1 unspecified atom stereocenters. The number of methoxy groups -OCH3 is 1. The number of alkyl halides is 1. The molecule has 1 amide bonds. The van der Waals surface area contributed by atoms with Gasteiger partial charge in [-0.2, -0.15) is 0 Å². The number of ether oxygens (including phenoxy) is 3. The van der Waals surface area contributed by atoms with Gasteiger partial charge in [0.05, 0.1) is 19.0 Å². The Labute approximate surface area is 179 Å². The van der Waals surface area contributed by atoms with Gasteiger partial charge >= 0.3 is 0 Å². The highest BCUT2D eigenvalue weighted by molar-refractivity contribution is 6.29. The molecule has 0 bridgehead atoms. The predicted octanol–water partition coefficient (Wildman–Crippen LogP) is 5.13. The minimum Gasteiger partial charge on any atom is -0.497 e. The number of carbonyl (C=O) groups excluding carboxylic acids is 1. The lowest BCUT2D eigenvalue weighted by molar-refractivity contribution is -0.113. The second kappa shape index (κ2) is 9.05. The first kappa shape index (κ1) is 20.0. The van der Waals surface area contributed by atoms with Gasteiger partial charge in [-0.05, 0) is 60.4 Å². The van der Waals surface area contributed by atoms with Crippen molar-refractivity contribution in [1.82, 2.24) is 4.98 Å². The molecule has 7 heteroatoms. The highest BCUT2D eigenvalue weighted by Gasteiger charge is 2.22. The Morgan fingerprint density at radius 3 is 2.87 bits per heavy atom. The lowest BCUT2D eigenvalue weighted by Gasteiger charge is -2.27. The van der Waals surface area contributed by atoms with E-state index in [9.17, 15) is 4.79 Å². The molecule has 1 aliphatic heterocycles. The van der Waals surface area contributed by atoms with E-state index < -0.39 is 0 Å². The molecule has 2 aromatic carbocycles. The molecule has 6 nitrogen and oxygen atoms in total. The van der Waals surface area contributed by atoms with Crippen molar-refractivity contribution in [2.75, 3.05) is 18.3 Å². The summed E-state index contributed by atoms with van der Waals surface area (Å²) in [6, 6.07) is 17.1. The number of nitrogens with zero attached hydrogens (tertiary/aromatic N) is 1. The van der Waals surface area contributed by atoms with Crippen molar-refractivity contribution >= 4 is 23.2 Å². The van der Waals surface area contributed by atoms with Crippen LogP contribution in [0.1, 0.15) is 23.7 Å². The van der Waals surface area contributed by atoms with Crippen molar-refractivity contribution in [3.8, 4) is 23.1 Å². The van der Waals surface area contributed by atoms with Gasteiger partial charge in [0.1, 0.15) is 29.2 Å². The summed E-state index contributed by atoms with van der Waals surface area (Å²) in [5.74, 6) is 2.41. The minimum atomic E-state index is -0.283. The summed E-state index contributed by atoms with van der Waals surface area (Å²) in [4.78, 5) is 15.5. The van der Waals surface area contributed by atoms with Crippen LogP contribution in [0.4, 0.5) is 5.69 Å². The molecule has 0 spiro atoms. The van der Waals surface area contributed by atoms with Crippen molar-refractivity contribution in [1.29, 1.82) is 0 Å². The zero-order chi connectivity index (χ0) is 20.9. The first-order valence-corrected chi connectivity index (χ1v) is 10.1. The molecule has 1 N–H and O–H groups in total. The maximum absolute atomic E-state index is 11.3. The summed E-state index contributed by atoms with van der Waals surface area (Å²) in [6.45, 7) is 0. The quantitative estimate of drug-likeness (QED) is 0.556. The molecule has 1 aliphatic rings. The van der Waals surface area contributed by atoms with Crippen molar-refractivity contribution in [2.24, 2.45) is 0 Å². The Bertz CT molecular complexity index is 1040. The predicted molar refractivity (Wildman–Crippen MR) is 115 cm³/mol. The first-order chi connectivity index (χ1) is 14.6. The number of nitrogens with one attached hydrogen (secondary N) is 1. The van der Waals surface area contributed by atoms with Gasteiger partial charge in [0, 0.05) is 6.07 Å². The number of halogens is 1. The molecular weight excluding hydrogens is 404 g/mol. The van der Waals surface area contributed by atoms with Gasteiger partial charge < -0.3 is 19.5 Å². The Balaban J connectivity index is 1.43. The van der Waals surface area contributed by atoms with Crippen molar-refractivity contribution in [2.45, 2.75) is 18.9 Å². The second-order valence-corrected chi connectivity index (χ2v) is 7.13. The van der Waals surface area contributed by atoms with Gasteiger partial charge in [-0.15, -0.1) is 11.6 Å². The van der Waals surface area contributed by atoms with Crippen LogP contribution in [-0.2, 0) is 11.2 Å². The fourth-order valence-corrected chi connectivity index (χ4v) is 3.40. The standard InChI is InChI=1S/C23H21ClN2O4/c1-28-18-4-2-3-15(11-18)20-8-5-16-12-19(7-9-21(16)30-20)29-23-10-6-17(14-25-23)26-22(27)13-24/h2-4,6-7,9-12,14,20H,5,8,13H2,1H3,(H,26,27). The summed E-state index contributed by atoms with van der Waals surface area (Å²) < 4.78 is 17.4. The van der Waals surface area contributed by atoms with E-state index >= 15 is 0 Å². The van der Waals surface area contributed by atoms with Crippen molar-refractivity contribution in [3.63, 3.8) is 0 Å². The smallest absolute Gasteiger partial charge is 0.239 e. The van der Waals surface area contributed by atoms with Crippen LogP contribution in [0.25, 0.3) is 0 Å². The molecule has 1 aromatic heterocycles. The van der Waals surface area contributed by atoms with Gasteiger partial charge in [0.2, 0.25) is 11.8 Å². The summed E-state index contributed by atoms with van der Waals surface area (Å²) in [5.41, 5.74) is 2.76. The summed E-state index contributed by atoms with van der Waals surface area (Å²) in [6.07, 6.45) is 3.28. The maximum Gasteiger partial charge on any atom is 0.239 e. The van der Waals surface area contributed by atoms with Crippen molar-refractivity contribution in [3.05, 3.63) is 71.9 Å². The number of aromatic nitrogens is 1. The van der Waals surface area contributed by atoms with Gasteiger partial charge in [-0.3, -0.25) is 4.79 Å². The van der Waals surface area contributed by atoms with Crippen LogP contribution in [-0.4, -0.2) is 23.9 Å². The highest BCUT2D eigenvalue weighted by atomic mass is 35.5. The Morgan fingerprint density at radius 1 is 1.20 bits per heavy atom. The van der Waals surface area contributed by atoms with Crippen LogP contribution < -0.4 is 19.5 Å². The summed E-state index contributed by atoms with van der Waals surface area (Å²) in [7, 11) is 1.66. The SMILES string of the molecule is COc1cccc(C2CCc3cc(Oc4ccc(NC(=O)CCl)cn4)ccc3O2)c1. The average Bonchev–Trinajstić information content (AvgIpc) is 2.80. The number of hydrogen-bond acceptors (Lipinski definition) is 5. The fraction of sp³-hybridized carbons (Fsp3) is 0.217. The van der Waals surface area contributed by atoms with E-state index in [4.69, 9.17) is 25.8 Å². The van der Waals surface area contributed by atoms with Crippen LogP contribution in [0.15, 0.2) is 60.8 Å². The van der Waals surface area contributed by atoms with Gasteiger partial charge in [-0.25, -0.2) is 4.98 Å². The minimum absolute atomic E-state index is 0.00298. The molecule has 1 atom stereocenters. The normalized spacial score (nSPS) is 14.9. The van der Waals surface area contributed by atoms with E-state index in [1.54, 1.807) is 19.2 Å². The molecule has 0 saturated carbocycles. The van der Waals surface area contributed by atoms with Gasteiger partial charge in [-0.1, -0.05) is 12.1 Å². The highest BCUT2D eigenvalue weighted by Crippen LogP contribution is 2.38. The largest absolute Gasteiger partial charge is 0.497 e. The topological polar surface area (TPSA) is 69.7 Å². The molecule has 0 aliphatic carbocycles. The van der Waals surface area contributed by atoms with Crippen LogP contribution >= 0.6 is 11.6 Å². The molecule has 0 fully saturated rings. The number of rotatable bonds is 6. The number of carbonyl (C=O) groups is 1. The molecular formula is C23H21ClN2O4. The van der Waals surface area contributed by atoms with Crippen LogP contribution in [0.3, 0.4) is 0 Å². The van der Waals surface area contributed by atoms with Crippen LogP contribution in [0.2, 0.25) is 0 Å². The number of aryl methyl sites for hydroxylation is 1. The average molecular weight is 425 g/mol. The molecule has 2 heterocycles. The molecule has 30 heavy (non-hydrogen) atoms. The lowest BCUT2D eigenvalue weighted by atomic mass is 9.97. The number of hydrogen-bond donors (Lipinski definition) is 1. The molecule has 0 radical (unpaired) electrons. The van der Waals surface area contributed by atoms with E-state index in [-0.39, 0.29) is 17.9 Å². The second-order valence-electron chi connectivity index (χ2n) is 6.86. The number of anilines is 1. The molecule has 4 rings (SSSR count). The fourth-order valence-electron chi connectivity index (χ4n) is 3.33. The zero-order valence-corrected chi connectivity index (χ0v) is 17.2. The third-order valence-corrected chi connectivity index (χ3v) is 5.05. The first-order valence-electron chi connectivity index (χ1n) is 9.58. The summed E-state index contributed by atoms with van der Waals surface area (Å²) in [5, 5.41) is 2.64. The lowest BCUT2D eigenvalue weighted by Crippen LogP contribution is -2.15. The van der Waals surface area contributed by atoms with E-state index in [2.05, 4.69) is 16.4 Å². The number of fused-ring (bicyclic) bond motifs is 1. The zero-order valence-electron chi connectivity index (χ0n) is 16.4. The Morgan fingerprint density at radius 2 is 2.10 bits per heavy atom. The van der Waals surface area contributed by atoms with E-state index in [1.807, 2.05) is 36.4 Å². The molecule has 154 valence electrons. The third-order valence-electron chi connectivity index (χ3n) is 4.81. The third kappa shape index (κ3) is 4.66. The van der Waals surface area contributed by atoms with Crippen molar-refractivity contribution < 1.29 is 19.0 Å². The van der Waals surface area contributed by atoms with E-state index in [1.165, 1.54) is 6.20 Å². The van der Waals surface area contributed by atoms with Crippen LogP contribution in [0, 0.1) is 0 Å². The van der Waals surface area contributed by atoms with E-state index in [0.717, 1.165) is 35.5 Å². The Kier molecular flexibility index (Phi) is 6.05. The summed E-state index contributed by atoms with van der Waals surface area (Å²) >= 11 is 5.48. The van der Waals surface area contributed by atoms with Gasteiger partial charge in [0.25, 0.3) is 0 Å².